The summed E-state index contributed by atoms with van der Waals surface area (Å²) in [5.41, 5.74) is 1.84. The molecule has 7 nitrogen and oxygen atoms in total. The van der Waals surface area contributed by atoms with E-state index in [0.29, 0.717) is 33.5 Å². The first-order valence-electron chi connectivity index (χ1n) is 12.6. The van der Waals surface area contributed by atoms with Crippen LogP contribution in [0.3, 0.4) is 0 Å². The maximum absolute atomic E-state index is 13.5. The number of likely N-dealkylation sites (N-methyl/N-ethyl adjacent to an activating group) is 1. The van der Waals surface area contributed by atoms with Gasteiger partial charge in [0.1, 0.15) is 0 Å². The Balaban J connectivity index is 1.36. The number of amides is 1. The van der Waals surface area contributed by atoms with E-state index in [1.807, 2.05) is 29.2 Å². The van der Waals surface area contributed by atoms with Gasteiger partial charge in [0.2, 0.25) is 0 Å². The van der Waals surface area contributed by atoms with E-state index in [1.54, 1.807) is 35.2 Å². The molecule has 202 valence electrons. The normalized spacial score (nSPS) is 14.5. The van der Waals surface area contributed by atoms with Crippen molar-refractivity contribution in [3.63, 3.8) is 0 Å². The van der Waals surface area contributed by atoms with E-state index in [9.17, 15) is 18.0 Å². The van der Waals surface area contributed by atoms with Crippen LogP contribution >= 0.6 is 11.8 Å². The standard InChI is InChI=1S/C28H27F3N6OS/c1-2-35-14-16-36(17-15-35)26(38)22-8-6-20(7-9-22)19-39-27-34-33-25(21-10-12-32-13-11-21)37(27)24-5-3-4-23(18-24)28(29,30)31/h3-13,18H,2,14-17,19H2,1H3. The lowest BCUT2D eigenvalue weighted by Gasteiger charge is -2.34. The summed E-state index contributed by atoms with van der Waals surface area (Å²) >= 11 is 1.36. The summed E-state index contributed by atoms with van der Waals surface area (Å²) < 4.78 is 42.0. The molecule has 1 aliphatic rings. The van der Waals surface area contributed by atoms with Crippen LogP contribution in [0.1, 0.15) is 28.4 Å². The van der Waals surface area contributed by atoms with Crippen molar-refractivity contribution in [1.29, 1.82) is 0 Å². The van der Waals surface area contributed by atoms with Crippen LogP contribution in [0.25, 0.3) is 17.1 Å². The smallest absolute Gasteiger partial charge is 0.336 e. The van der Waals surface area contributed by atoms with Crippen LogP contribution < -0.4 is 0 Å². The van der Waals surface area contributed by atoms with Gasteiger partial charge in [0.25, 0.3) is 5.91 Å². The van der Waals surface area contributed by atoms with E-state index in [4.69, 9.17) is 0 Å². The molecule has 3 heterocycles. The lowest BCUT2D eigenvalue weighted by atomic mass is 10.1. The van der Waals surface area contributed by atoms with Gasteiger partial charge in [0.15, 0.2) is 11.0 Å². The number of piperazine rings is 1. The number of pyridine rings is 1. The van der Waals surface area contributed by atoms with Crippen LogP contribution in [0.15, 0.2) is 78.2 Å². The van der Waals surface area contributed by atoms with Crippen molar-refractivity contribution in [2.75, 3.05) is 32.7 Å². The highest BCUT2D eigenvalue weighted by Crippen LogP contribution is 2.34. The molecular weight excluding hydrogens is 525 g/mol. The molecule has 1 aliphatic heterocycles. The molecule has 0 saturated carbocycles. The van der Waals surface area contributed by atoms with Crippen molar-refractivity contribution in [3.8, 4) is 17.1 Å². The summed E-state index contributed by atoms with van der Waals surface area (Å²) in [7, 11) is 0. The zero-order chi connectivity index (χ0) is 27.4. The number of nitrogens with zero attached hydrogens (tertiary/aromatic N) is 6. The zero-order valence-electron chi connectivity index (χ0n) is 21.3. The number of benzene rings is 2. The number of carbonyl (C=O) groups is 1. The molecule has 0 radical (unpaired) electrons. The largest absolute Gasteiger partial charge is 0.416 e. The molecule has 0 N–H and O–H groups in total. The summed E-state index contributed by atoms with van der Waals surface area (Å²) in [5.74, 6) is 0.941. The highest BCUT2D eigenvalue weighted by atomic mass is 32.2. The van der Waals surface area contributed by atoms with Crippen molar-refractivity contribution < 1.29 is 18.0 Å². The van der Waals surface area contributed by atoms with Gasteiger partial charge in [-0.25, -0.2) is 0 Å². The number of alkyl halides is 3. The maximum Gasteiger partial charge on any atom is 0.416 e. The summed E-state index contributed by atoms with van der Waals surface area (Å²) in [5, 5.41) is 9.06. The highest BCUT2D eigenvalue weighted by molar-refractivity contribution is 7.98. The summed E-state index contributed by atoms with van der Waals surface area (Å²) in [4.78, 5) is 21.1. The predicted octanol–water partition coefficient (Wildman–Crippen LogP) is 5.42. The predicted molar refractivity (Wildman–Crippen MR) is 144 cm³/mol. The number of rotatable bonds is 7. The van der Waals surface area contributed by atoms with Gasteiger partial charge in [-0.1, -0.05) is 36.9 Å². The number of halogens is 3. The van der Waals surface area contributed by atoms with Gasteiger partial charge < -0.3 is 9.80 Å². The van der Waals surface area contributed by atoms with Gasteiger partial charge in [-0.3, -0.25) is 14.3 Å². The highest BCUT2D eigenvalue weighted by Gasteiger charge is 2.31. The third kappa shape index (κ3) is 6.15. The quantitative estimate of drug-likeness (QED) is 0.286. The van der Waals surface area contributed by atoms with Crippen LogP contribution in [-0.4, -0.2) is 68.2 Å². The number of hydrogen-bond acceptors (Lipinski definition) is 6. The minimum absolute atomic E-state index is 0.0243. The summed E-state index contributed by atoms with van der Waals surface area (Å²) in [6.07, 6.45) is -1.28. The zero-order valence-corrected chi connectivity index (χ0v) is 22.1. The van der Waals surface area contributed by atoms with Crippen molar-refractivity contribution in [1.82, 2.24) is 29.5 Å². The van der Waals surface area contributed by atoms with E-state index in [2.05, 4.69) is 27.0 Å². The van der Waals surface area contributed by atoms with Crippen LogP contribution in [0, 0.1) is 0 Å². The molecule has 0 spiro atoms. The Labute approximate surface area is 228 Å². The summed E-state index contributed by atoms with van der Waals surface area (Å²) in [6, 6.07) is 16.0. The molecule has 39 heavy (non-hydrogen) atoms. The first-order chi connectivity index (χ1) is 18.8. The van der Waals surface area contributed by atoms with Crippen molar-refractivity contribution in [2.24, 2.45) is 0 Å². The SMILES string of the molecule is CCN1CCN(C(=O)c2ccc(CSc3nnc(-c4ccncc4)n3-c3cccc(C(F)(F)F)c3)cc2)CC1. The first kappa shape index (κ1) is 26.9. The molecule has 11 heteroatoms. The fraction of sp³-hybridized carbons (Fsp3) is 0.286. The Kier molecular flexibility index (Phi) is 7.99. The Morgan fingerprint density at radius 1 is 0.949 bits per heavy atom. The molecule has 1 fully saturated rings. The molecule has 0 unspecified atom stereocenters. The van der Waals surface area contributed by atoms with Crippen molar-refractivity contribution >= 4 is 17.7 Å². The van der Waals surface area contributed by atoms with Gasteiger partial charge in [-0.05, 0) is 54.6 Å². The van der Waals surface area contributed by atoms with E-state index in [-0.39, 0.29) is 5.91 Å². The van der Waals surface area contributed by atoms with Crippen molar-refractivity contribution in [3.05, 3.63) is 89.7 Å². The van der Waals surface area contributed by atoms with E-state index < -0.39 is 11.7 Å². The van der Waals surface area contributed by atoms with E-state index >= 15 is 0 Å². The molecule has 0 atom stereocenters. The van der Waals surface area contributed by atoms with E-state index in [1.165, 1.54) is 17.8 Å². The lowest BCUT2D eigenvalue weighted by Crippen LogP contribution is -2.48. The average Bonchev–Trinajstić information content (AvgIpc) is 3.40. The fourth-order valence-corrected chi connectivity index (χ4v) is 5.35. The molecule has 0 aliphatic carbocycles. The number of hydrogen-bond donors (Lipinski definition) is 0. The maximum atomic E-state index is 13.5. The van der Waals surface area contributed by atoms with Crippen molar-refractivity contribution in [2.45, 2.75) is 24.0 Å². The second-order valence-corrected chi connectivity index (χ2v) is 10.1. The third-order valence-electron chi connectivity index (χ3n) is 6.68. The van der Waals surface area contributed by atoms with Gasteiger partial charge in [0.05, 0.1) is 11.3 Å². The molecule has 2 aromatic heterocycles. The third-order valence-corrected chi connectivity index (χ3v) is 7.68. The fourth-order valence-electron chi connectivity index (χ4n) is 4.45. The van der Waals surface area contributed by atoms with Crippen LogP contribution in [0.2, 0.25) is 0 Å². The van der Waals surface area contributed by atoms with Gasteiger partial charge in [-0.15, -0.1) is 10.2 Å². The summed E-state index contributed by atoms with van der Waals surface area (Å²) in [6.45, 7) is 6.30. The molecule has 5 rings (SSSR count). The number of thioether (sulfide) groups is 1. The first-order valence-corrected chi connectivity index (χ1v) is 13.6. The van der Waals surface area contributed by atoms with Crippen LogP contribution in [0.4, 0.5) is 13.2 Å². The second-order valence-electron chi connectivity index (χ2n) is 9.14. The van der Waals surface area contributed by atoms with Crippen LogP contribution in [-0.2, 0) is 11.9 Å². The van der Waals surface area contributed by atoms with Gasteiger partial charge in [-0.2, -0.15) is 13.2 Å². The Bertz CT molecular complexity index is 1420. The molecule has 1 amide bonds. The molecule has 1 saturated heterocycles. The minimum atomic E-state index is -4.48. The monoisotopic (exact) mass is 552 g/mol. The van der Waals surface area contributed by atoms with Gasteiger partial charge >= 0.3 is 6.18 Å². The Morgan fingerprint density at radius 2 is 1.67 bits per heavy atom. The molecule has 2 aromatic carbocycles. The Morgan fingerprint density at radius 3 is 2.33 bits per heavy atom. The number of carbonyl (C=O) groups excluding carboxylic acids is 1. The Hall–Kier alpha value is -3.70. The molecule has 0 bridgehead atoms. The molecule has 4 aromatic rings. The minimum Gasteiger partial charge on any atom is -0.336 e. The molecular formula is C28H27F3N6OS. The van der Waals surface area contributed by atoms with E-state index in [0.717, 1.165) is 50.4 Å². The number of aromatic nitrogens is 4. The topological polar surface area (TPSA) is 67.2 Å². The average molecular weight is 553 g/mol. The second kappa shape index (κ2) is 11.6. The lowest BCUT2D eigenvalue weighted by molar-refractivity contribution is -0.137. The van der Waals surface area contributed by atoms with Crippen LogP contribution in [0.5, 0.6) is 0 Å². The van der Waals surface area contributed by atoms with Gasteiger partial charge in [0, 0.05) is 55.5 Å².